The van der Waals surface area contributed by atoms with Crippen LogP contribution in [-0.2, 0) is 5.33 Å². The normalized spacial score (nSPS) is 9.83. The molecule has 2 rings (SSSR count). The van der Waals surface area contributed by atoms with Gasteiger partial charge in [-0.3, -0.25) is 0 Å². The first-order chi connectivity index (χ1) is 8.74. The van der Waals surface area contributed by atoms with Crippen LogP contribution in [0.3, 0.4) is 0 Å². The van der Waals surface area contributed by atoms with E-state index in [9.17, 15) is 0 Å². The van der Waals surface area contributed by atoms with Gasteiger partial charge in [-0.1, -0.05) is 34.1 Å². The predicted molar refractivity (Wildman–Crippen MR) is 78.3 cm³/mol. The summed E-state index contributed by atoms with van der Waals surface area (Å²) in [5, 5.41) is 9.77. The average molecular weight is 301 g/mol. The molecule has 0 atom stereocenters. The first kappa shape index (κ1) is 12.7. The summed E-state index contributed by atoms with van der Waals surface area (Å²) in [5.74, 6) is 0. The third kappa shape index (κ3) is 2.72. The van der Waals surface area contributed by atoms with Gasteiger partial charge in [-0.25, -0.2) is 0 Å². The second-order valence-electron chi connectivity index (χ2n) is 4.02. The summed E-state index contributed by atoms with van der Waals surface area (Å²) in [6.45, 7) is 0. The Morgan fingerprint density at radius 2 is 1.83 bits per heavy atom. The van der Waals surface area contributed by atoms with E-state index in [0.29, 0.717) is 5.56 Å². The van der Waals surface area contributed by atoms with E-state index in [1.807, 2.05) is 31.3 Å². The van der Waals surface area contributed by atoms with Crippen LogP contribution in [0, 0.1) is 11.3 Å². The lowest BCUT2D eigenvalue weighted by atomic mass is 10.1. The highest BCUT2D eigenvalue weighted by molar-refractivity contribution is 9.08. The predicted octanol–water partition coefficient (Wildman–Crippen LogP) is 4.22. The van der Waals surface area contributed by atoms with E-state index in [2.05, 4.69) is 51.2 Å². The van der Waals surface area contributed by atoms with Crippen LogP contribution in [0.5, 0.6) is 0 Å². The summed E-state index contributed by atoms with van der Waals surface area (Å²) < 4.78 is 0. The van der Waals surface area contributed by atoms with Crippen LogP contribution in [0.15, 0.2) is 48.5 Å². The van der Waals surface area contributed by atoms with E-state index < -0.39 is 0 Å². The summed E-state index contributed by atoms with van der Waals surface area (Å²) in [7, 11) is 2.00. The third-order valence-corrected chi connectivity index (χ3v) is 3.49. The van der Waals surface area contributed by atoms with Gasteiger partial charge >= 0.3 is 0 Å². The van der Waals surface area contributed by atoms with E-state index in [0.717, 1.165) is 16.7 Å². The highest BCUT2D eigenvalue weighted by atomic mass is 79.9. The second-order valence-corrected chi connectivity index (χ2v) is 4.58. The van der Waals surface area contributed by atoms with Gasteiger partial charge in [0.05, 0.1) is 11.6 Å². The molecule has 0 unspecified atom stereocenters. The molecule has 2 aromatic carbocycles. The van der Waals surface area contributed by atoms with Crippen LogP contribution in [0.1, 0.15) is 11.1 Å². The van der Waals surface area contributed by atoms with Crippen molar-refractivity contribution >= 4 is 27.3 Å². The summed E-state index contributed by atoms with van der Waals surface area (Å²) in [6, 6.07) is 18.1. The van der Waals surface area contributed by atoms with Crippen LogP contribution in [-0.4, -0.2) is 7.05 Å². The summed E-state index contributed by atoms with van der Waals surface area (Å²) in [6.07, 6.45) is 0. The topological polar surface area (TPSA) is 27.0 Å². The Labute approximate surface area is 116 Å². The molecule has 0 heterocycles. The van der Waals surface area contributed by atoms with Crippen molar-refractivity contribution in [3.05, 3.63) is 59.7 Å². The lowest BCUT2D eigenvalue weighted by Gasteiger charge is -2.19. The van der Waals surface area contributed by atoms with Gasteiger partial charge in [-0.05, 0) is 35.9 Å². The molecule has 0 bridgehead atoms. The average Bonchev–Trinajstić information content (AvgIpc) is 2.46. The quantitative estimate of drug-likeness (QED) is 0.794. The highest BCUT2D eigenvalue weighted by Crippen LogP contribution is 2.24. The minimum Gasteiger partial charge on any atom is -0.345 e. The van der Waals surface area contributed by atoms with Gasteiger partial charge < -0.3 is 4.90 Å². The molecule has 0 aliphatic heterocycles. The third-order valence-electron chi connectivity index (χ3n) is 2.84. The van der Waals surface area contributed by atoms with E-state index in [4.69, 9.17) is 5.26 Å². The molecule has 0 fully saturated rings. The number of nitriles is 1. The fourth-order valence-corrected chi connectivity index (χ4v) is 2.12. The molecule has 0 spiro atoms. The number of hydrogen-bond acceptors (Lipinski definition) is 2. The molecule has 0 saturated heterocycles. The molecule has 2 aromatic rings. The molecular formula is C15H13BrN2. The molecule has 18 heavy (non-hydrogen) atoms. The van der Waals surface area contributed by atoms with Crippen molar-refractivity contribution in [2.24, 2.45) is 0 Å². The summed E-state index contributed by atoms with van der Waals surface area (Å²) in [5.41, 5.74) is 4.05. The maximum Gasteiger partial charge on any atom is 0.0992 e. The number of alkyl halides is 1. The standard InChI is InChI=1S/C15H13BrN2/c1-18(14-7-5-12(10-16)6-8-14)15-4-2-3-13(9-15)11-17/h2-9H,10H2,1H3. The lowest BCUT2D eigenvalue weighted by Crippen LogP contribution is -2.09. The van der Waals surface area contributed by atoms with Crippen molar-refractivity contribution in [3.63, 3.8) is 0 Å². The van der Waals surface area contributed by atoms with E-state index >= 15 is 0 Å². The number of hydrogen-bond donors (Lipinski definition) is 0. The number of rotatable bonds is 3. The van der Waals surface area contributed by atoms with Crippen LogP contribution in [0.25, 0.3) is 0 Å². The van der Waals surface area contributed by atoms with Crippen molar-refractivity contribution in [1.29, 1.82) is 5.26 Å². The molecule has 0 aromatic heterocycles. The van der Waals surface area contributed by atoms with Crippen molar-refractivity contribution in [3.8, 4) is 6.07 Å². The Balaban J connectivity index is 2.29. The maximum absolute atomic E-state index is 8.91. The number of halogens is 1. The minimum absolute atomic E-state index is 0.677. The SMILES string of the molecule is CN(c1ccc(CBr)cc1)c1cccc(C#N)c1. The molecule has 3 heteroatoms. The Hall–Kier alpha value is -1.79. The molecule has 90 valence electrons. The Bertz CT molecular complexity index is 570. The Kier molecular flexibility index (Phi) is 4.01. The molecule has 0 N–H and O–H groups in total. The van der Waals surface area contributed by atoms with Gasteiger partial charge in [0, 0.05) is 23.8 Å². The Morgan fingerprint density at radius 3 is 2.44 bits per heavy atom. The molecule has 0 aliphatic carbocycles. The maximum atomic E-state index is 8.91. The van der Waals surface area contributed by atoms with Crippen LogP contribution >= 0.6 is 15.9 Å². The number of benzene rings is 2. The highest BCUT2D eigenvalue weighted by Gasteiger charge is 2.04. The zero-order chi connectivity index (χ0) is 13.0. The minimum atomic E-state index is 0.677. The molecule has 0 radical (unpaired) electrons. The molecule has 0 saturated carbocycles. The van der Waals surface area contributed by atoms with Crippen LogP contribution in [0.4, 0.5) is 11.4 Å². The molecule has 0 aliphatic rings. The van der Waals surface area contributed by atoms with E-state index in [1.165, 1.54) is 5.56 Å². The first-order valence-electron chi connectivity index (χ1n) is 5.63. The smallest absolute Gasteiger partial charge is 0.0992 e. The van der Waals surface area contributed by atoms with Crippen molar-refractivity contribution < 1.29 is 0 Å². The van der Waals surface area contributed by atoms with Gasteiger partial charge in [-0.15, -0.1) is 0 Å². The summed E-state index contributed by atoms with van der Waals surface area (Å²) in [4.78, 5) is 2.07. The van der Waals surface area contributed by atoms with Gasteiger partial charge in [0.2, 0.25) is 0 Å². The van der Waals surface area contributed by atoms with Crippen molar-refractivity contribution in [2.45, 2.75) is 5.33 Å². The van der Waals surface area contributed by atoms with Crippen LogP contribution in [0.2, 0.25) is 0 Å². The van der Waals surface area contributed by atoms with Crippen molar-refractivity contribution in [2.75, 3.05) is 11.9 Å². The monoisotopic (exact) mass is 300 g/mol. The fraction of sp³-hybridized carbons (Fsp3) is 0.133. The largest absolute Gasteiger partial charge is 0.345 e. The lowest BCUT2D eigenvalue weighted by molar-refractivity contribution is 1.20. The van der Waals surface area contributed by atoms with E-state index in [1.54, 1.807) is 0 Å². The fourth-order valence-electron chi connectivity index (χ4n) is 1.74. The van der Waals surface area contributed by atoms with Crippen molar-refractivity contribution in [1.82, 2.24) is 0 Å². The molecular weight excluding hydrogens is 288 g/mol. The van der Waals surface area contributed by atoms with Crippen LogP contribution < -0.4 is 4.90 Å². The van der Waals surface area contributed by atoms with Gasteiger partial charge in [0.25, 0.3) is 0 Å². The van der Waals surface area contributed by atoms with E-state index in [-0.39, 0.29) is 0 Å². The summed E-state index contributed by atoms with van der Waals surface area (Å²) >= 11 is 3.43. The molecule has 0 amide bonds. The van der Waals surface area contributed by atoms with Gasteiger partial charge in [0.1, 0.15) is 0 Å². The zero-order valence-electron chi connectivity index (χ0n) is 10.1. The number of nitrogens with zero attached hydrogens (tertiary/aromatic N) is 2. The second kappa shape index (κ2) is 5.70. The Morgan fingerprint density at radius 1 is 1.11 bits per heavy atom. The number of anilines is 2. The zero-order valence-corrected chi connectivity index (χ0v) is 11.7. The van der Waals surface area contributed by atoms with Gasteiger partial charge in [0.15, 0.2) is 0 Å². The molecule has 2 nitrogen and oxygen atoms in total. The van der Waals surface area contributed by atoms with Gasteiger partial charge in [-0.2, -0.15) is 5.26 Å². The first-order valence-corrected chi connectivity index (χ1v) is 6.75.